The van der Waals surface area contributed by atoms with Crippen LogP contribution in [0.1, 0.15) is 59.1 Å². The number of aryl methyl sites for hydroxylation is 6. The van der Waals surface area contributed by atoms with Crippen LogP contribution in [0.15, 0.2) is 152 Å². The van der Waals surface area contributed by atoms with Crippen molar-refractivity contribution in [3.63, 3.8) is 0 Å². The summed E-state index contributed by atoms with van der Waals surface area (Å²) in [7, 11) is -11.5. The molecular formula is C47H53F6IrN2P2-. The van der Waals surface area contributed by atoms with Crippen molar-refractivity contribution in [2.45, 2.75) is 67.2 Å². The first-order valence-electron chi connectivity index (χ1n) is 18.9. The summed E-state index contributed by atoms with van der Waals surface area (Å²) in [5, 5.41) is 4.31. The quantitative estimate of drug-likeness (QED) is 0.0749. The molecule has 11 heteroatoms. The van der Waals surface area contributed by atoms with E-state index in [2.05, 4.69) is 210 Å². The summed E-state index contributed by atoms with van der Waals surface area (Å²) in [6.07, 6.45) is 18.3. The Morgan fingerprint density at radius 1 is 0.448 bits per heavy atom. The molecule has 1 aliphatic heterocycles. The molecule has 0 bridgehead atoms. The second kappa shape index (κ2) is 20.8. The Balaban J connectivity index is 0.000000230. The van der Waals surface area contributed by atoms with E-state index in [1.807, 2.05) is 0 Å². The molecule has 0 N–H and O–H groups in total. The SMILES string of the molecule is C1=C\CC/C=C\CC/1.Cc1cc(C)c(N2C=CN(c3c(C)cc(C)cc3C)[CH-]2)c(C)c1.F[P-](F)(F)(F)(F)F.[Ir].c1ccc([PH+](c2ccccc2)c2ccccc2)cc1. The maximum Gasteiger partial charge on any atom is 0.102 e. The van der Waals surface area contributed by atoms with Crippen molar-refractivity contribution in [1.29, 1.82) is 0 Å². The first kappa shape index (κ1) is 48.4. The van der Waals surface area contributed by atoms with Gasteiger partial charge in [0.1, 0.15) is 15.9 Å². The number of allylic oxidation sites excluding steroid dienone is 4. The summed E-state index contributed by atoms with van der Waals surface area (Å²) in [4.78, 5) is 4.45. The monoisotopic (exact) mass is 1010 g/mol. The molecule has 0 aromatic heterocycles. The summed E-state index contributed by atoms with van der Waals surface area (Å²) in [6.45, 7) is 15.2. The standard InChI is InChI=1S/C21H25N2.C18H15P.C8H12.F6P.Ir/c1-14-9-16(3)20(17(4)10-14)22-7-8-23(13-22)21-18(5)11-15(2)12-19(21)6;1-4-10-16(11-5-1)19(17-12-6-2-7-13-17)18-14-8-3-9-15-18;1-2-4-6-8-7-5-3-1;1-7(2,3,4,5)6;/h7-13H,1-6H3;1-15H;1-2,7-8H,3-6H2;;/q-1;;;-1;/p+1/b;;2-1-,8-7-;;. The van der Waals surface area contributed by atoms with Gasteiger partial charge < -0.3 is 9.80 Å². The molecule has 5 aromatic carbocycles. The Morgan fingerprint density at radius 2 is 0.690 bits per heavy atom. The van der Waals surface area contributed by atoms with Crippen molar-refractivity contribution in [2.75, 3.05) is 9.80 Å². The van der Waals surface area contributed by atoms with Crippen LogP contribution in [0.25, 0.3) is 0 Å². The van der Waals surface area contributed by atoms with Crippen LogP contribution >= 0.6 is 15.7 Å². The third kappa shape index (κ3) is 17.1. The Bertz CT molecular complexity index is 1900. The third-order valence-corrected chi connectivity index (χ3v) is 11.7. The van der Waals surface area contributed by atoms with E-state index in [1.165, 1.54) is 86.4 Å². The Kier molecular flexibility index (Phi) is 17.4. The van der Waals surface area contributed by atoms with Gasteiger partial charge in [0, 0.05) is 31.5 Å². The molecule has 0 spiro atoms. The molecule has 5 aromatic rings. The minimum absolute atomic E-state index is 0. The Hall–Kier alpha value is -3.99. The van der Waals surface area contributed by atoms with Crippen molar-refractivity contribution in [3.05, 3.63) is 192 Å². The molecule has 2 aliphatic rings. The minimum atomic E-state index is -10.7. The number of hydrogen-bond acceptors (Lipinski definition) is 2. The van der Waals surface area contributed by atoms with Gasteiger partial charge in [0.15, 0.2) is 0 Å². The zero-order valence-electron chi connectivity index (χ0n) is 33.8. The van der Waals surface area contributed by atoms with E-state index < -0.39 is 15.7 Å². The molecule has 7 rings (SSSR count). The number of benzene rings is 5. The smallest absolute Gasteiger partial charge is 0.0620 e. The molecule has 58 heavy (non-hydrogen) atoms. The summed E-state index contributed by atoms with van der Waals surface area (Å²) in [5.41, 5.74) is 10.4. The number of halogens is 6. The maximum absolute atomic E-state index is 10.7. The number of rotatable bonds is 5. The van der Waals surface area contributed by atoms with E-state index in [9.17, 15) is 25.2 Å². The zero-order chi connectivity index (χ0) is 41.7. The van der Waals surface area contributed by atoms with Gasteiger partial charge in [-0.1, -0.05) is 114 Å². The van der Waals surface area contributed by atoms with E-state index in [-0.39, 0.29) is 20.1 Å². The zero-order valence-corrected chi connectivity index (χ0v) is 38.1. The molecule has 0 saturated carbocycles. The van der Waals surface area contributed by atoms with Crippen molar-refractivity contribution in [3.8, 4) is 0 Å². The second-order valence-corrected chi connectivity index (χ2v) is 18.7. The van der Waals surface area contributed by atoms with Crippen LogP contribution in [0, 0.1) is 48.2 Å². The topological polar surface area (TPSA) is 6.48 Å². The molecular weight excluding hydrogens is 961 g/mol. The van der Waals surface area contributed by atoms with Crippen molar-refractivity contribution >= 4 is 43.0 Å². The van der Waals surface area contributed by atoms with Gasteiger partial charge in [0.25, 0.3) is 0 Å². The Morgan fingerprint density at radius 3 is 0.931 bits per heavy atom. The molecule has 1 heterocycles. The van der Waals surface area contributed by atoms with Crippen molar-refractivity contribution in [1.82, 2.24) is 0 Å². The Labute approximate surface area is 355 Å². The summed E-state index contributed by atoms with van der Waals surface area (Å²) < 4.78 is 59.2. The summed E-state index contributed by atoms with van der Waals surface area (Å²) >= 11 is 0. The van der Waals surface area contributed by atoms with Crippen LogP contribution in [0.2, 0.25) is 0 Å². The molecule has 0 saturated heterocycles. The van der Waals surface area contributed by atoms with E-state index in [0.29, 0.717) is 0 Å². The van der Waals surface area contributed by atoms with Gasteiger partial charge in [-0.3, -0.25) is 0 Å². The van der Waals surface area contributed by atoms with E-state index in [4.69, 9.17) is 0 Å². The number of anilines is 2. The van der Waals surface area contributed by atoms with Crippen LogP contribution in [0.5, 0.6) is 0 Å². The molecule has 0 amide bonds. The predicted molar refractivity (Wildman–Crippen MR) is 237 cm³/mol. The normalized spacial score (nSPS) is 15.7. The van der Waals surface area contributed by atoms with E-state index in [1.54, 1.807) is 0 Å². The molecule has 2 nitrogen and oxygen atoms in total. The van der Waals surface area contributed by atoms with Gasteiger partial charge in [-0.2, -0.15) is 0 Å². The van der Waals surface area contributed by atoms with Gasteiger partial charge in [-0.15, -0.1) is 6.67 Å². The van der Waals surface area contributed by atoms with Gasteiger partial charge in [0.2, 0.25) is 0 Å². The predicted octanol–water partition coefficient (Wildman–Crippen LogP) is 14.7. The van der Waals surface area contributed by atoms with Gasteiger partial charge in [0.05, 0.1) is 7.92 Å². The number of nitrogens with zero attached hydrogens (tertiary/aromatic N) is 2. The third-order valence-electron chi connectivity index (χ3n) is 8.94. The van der Waals surface area contributed by atoms with E-state index >= 15 is 0 Å². The molecule has 1 radical (unpaired) electrons. The summed E-state index contributed by atoms with van der Waals surface area (Å²) in [6, 6.07) is 41.5. The molecule has 0 unspecified atom stereocenters. The fraction of sp³-hybridized carbons (Fsp3) is 0.213. The molecule has 313 valence electrons. The molecule has 0 atom stereocenters. The fourth-order valence-electron chi connectivity index (χ4n) is 6.95. The van der Waals surface area contributed by atoms with Crippen LogP contribution in [0.3, 0.4) is 0 Å². The summed E-state index contributed by atoms with van der Waals surface area (Å²) in [5.74, 6) is 0. The van der Waals surface area contributed by atoms with Gasteiger partial charge >= 0.3 is 33.0 Å². The van der Waals surface area contributed by atoms with Crippen LogP contribution in [-0.2, 0) is 20.1 Å². The average Bonchev–Trinajstić information content (AvgIpc) is 3.57. The first-order valence-corrected chi connectivity index (χ1v) is 22.4. The van der Waals surface area contributed by atoms with Crippen LogP contribution < -0.4 is 25.7 Å². The van der Waals surface area contributed by atoms with E-state index in [0.717, 1.165) is 0 Å². The molecule has 0 fully saturated rings. The average molecular weight is 1010 g/mol. The maximum atomic E-state index is 9.87. The first-order chi connectivity index (χ1) is 26.8. The minimum Gasteiger partial charge on any atom is -0.0620 e. The largest absolute Gasteiger partial charge is 0.102 e. The van der Waals surface area contributed by atoms with Gasteiger partial charge in [-0.05, 0) is 138 Å². The van der Waals surface area contributed by atoms with Crippen molar-refractivity contribution < 1.29 is 45.3 Å². The molecule has 1 aliphatic carbocycles. The van der Waals surface area contributed by atoms with Crippen LogP contribution in [0.4, 0.5) is 36.6 Å². The van der Waals surface area contributed by atoms with Crippen molar-refractivity contribution in [2.24, 2.45) is 0 Å². The van der Waals surface area contributed by atoms with Crippen LogP contribution in [-0.4, -0.2) is 0 Å². The van der Waals surface area contributed by atoms with Gasteiger partial charge in [-0.25, -0.2) is 0 Å². The fourth-order valence-corrected chi connectivity index (χ4v) is 9.53. The number of hydrogen-bond donors (Lipinski definition) is 0. The second-order valence-electron chi connectivity index (χ2n) is 14.3.